The molecule has 0 atom stereocenters. The quantitative estimate of drug-likeness (QED) is 0.459. The second kappa shape index (κ2) is 6.74. The van der Waals surface area contributed by atoms with Gasteiger partial charge < -0.3 is 8.94 Å². The summed E-state index contributed by atoms with van der Waals surface area (Å²) in [4.78, 5) is 4.68. The van der Waals surface area contributed by atoms with Crippen LogP contribution < -0.4 is 0 Å². The van der Waals surface area contributed by atoms with E-state index in [9.17, 15) is 5.26 Å². The van der Waals surface area contributed by atoms with Gasteiger partial charge in [-0.25, -0.2) is 4.98 Å². The number of allylic oxidation sites excluding steroid dienone is 1. The third kappa shape index (κ3) is 3.11. The minimum absolute atomic E-state index is 0.474. The standard InChI is InChI=1S/C20H16N4O2S/c1-12-7-17(14(3)24(12)19-8-13(2)26-23-19)18-11-27-20(22-18)15(10-21)9-16-5-4-6-25-16/h4-9,11H,1-3H3/b15-9+. The van der Waals surface area contributed by atoms with Crippen LogP contribution in [0.5, 0.6) is 0 Å². The smallest absolute Gasteiger partial charge is 0.180 e. The second-order valence-electron chi connectivity index (χ2n) is 6.14. The average molecular weight is 376 g/mol. The summed E-state index contributed by atoms with van der Waals surface area (Å²) >= 11 is 1.44. The van der Waals surface area contributed by atoms with Gasteiger partial charge in [0.25, 0.3) is 0 Å². The minimum atomic E-state index is 0.474. The Morgan fingerprint density at radius 3 is 2.81 bits per heavy atom. The van der Waals surface area contributed by atoms with Crippen LogP contribution in [0.1, 0.15) is 27.9 Å². The molecule has 0 spiro atoms. The van der Waals surface area contributed by atoms with Gasteiger partial charge in [-0.2, -0.15) is 5.26 Å². The van der Waals surface area contributed by atoms with E-state index in [2.05, 4.69) is 22.3 Å². The lowest BCUT2D eigenvalue weighted by Crippen LogP contribution is -1.99. The number of furan rings is 1. The van der Waals surface area contributed by atoms with E-state index in [0.717, 1.165) is 34.2 Å². The predicted molar refractivity (Wildman–Crippen MR) is 103 cm³/mol. The van der Waals surface area contributed by atoms with Crippen molar-refractivity contribution in [1.82, 2.24) is 14.7 Å². The molecule has 7 heteroatoms. The molecule has 0 aliphatic rings. The highest BCUT2D eigenvalue weighted by atomic mass is 32.1. The van der Waals surface area contributed by atoms with Crippen LogP contribution in [-0.2, 0) is 0 Å². The van der Waals surface area contributed by atoms with Crippen molar-refractivity contribution in [3.63, 3.8) is 0 Å². The van der Waals surface area contributed by atoms with Crippen molar-refractivity contribution in [2.75, 3.05) is 0 Å². The summed E-state index contributed by atoms with van der Waals surface area (Å²) < 4.78 is 12.5. The van der Waals surface area contributed by atoms with Crippen molar-refractivity contribution in [3.05, 3.63) is 63.8 Å². The fourth-order valence-electron chi connectivity index (χ4n) is 3.01. The van der Waals surface area contributed by atoms with Gasteiger partial charge in [-0.15, -0.1) is 11.3 Å². The summed E-state index contributed by atoms with van der Waals surface area (Å²) in [6.07, 6.45) is 3.28. The Labute approximate surface area is 160 Å². The van der Waals surface area contributed by atoms with Crippen LogP contribution in [-0.4, -0.2) is 14.7 Å². The van der Waals surface area contributed by atoms with Gasteiger partial charge in [0.2, 0.25) is 0 Å². The fourth-order valence-corrected chi connectivity index (χ4v) is 3.80. The molecule has 0 N–H and O–H groups in total. The zero-order valence-electron chi connectivity index (χ0n) is 15.1. The topological polar surface area (TPSA) is 80.8 Å². The average Bonchev–Trinajstić information content (AvgIpc) is 3.41. The molecule has 0 aliphatic carbocycles. The van der Waals surface area contributed by atoms with Gasteiger partial charge in [0, 0.05) is 34.5 Å². The van der Waals surface area contributed by atoms with Gasteiger partial charge in [0.1, 0.15) is 22.6 Å². The van der Waals surface area contributed by atoms with Crippen LogP contribution in [0.25, 0.3) is 28.7 Å². The van der Waals surface area contributed by atoms with Gasteiger partial charge in [-0.1, -0.05) is 5.16 Å². The monoisotopic (exact) mass is 376 g/mol. The number of hydrogen-bond acceptors (Lipinski definition) is 6. The molecule has 0 aliphatic heterocycles. The Kier molecular flexibility index (Phi) is 4.26. The Morgan fingerprint density at radius 1 is 1.30 bits per heavy atom. The molecule has 0 aromatic carbocycles. The molecule has 27 heavy (non-hydrogen) atoms. The van der Waals surface area contributed by atoms with Crippen molar-refractivity contribution in [1.29, 1.82) is 5.26 Å². The Bertz CT molecular complexity index is 1170. The van der Waals surface area contributed by atoms with Crippen LogP contribution in [0.2, 0.25) is 0 Å². The molecule has 4 aromatic rings. The van der Waals surface area contributed by atoms with E-state index < -0.39 is 0 Å². The lowest BCUT2D eigenvalue weighted by molar-refractivity contribution is 0.394. The van der Waals surface area contributed by atoms with Crippen LogP contribution in [0.4, 0.5) is 0 Å². The van der Waals surface area contributed by atoms with Crippen molar-refractivity contribution in [3.8, 4) is 23.1 Å². The SMILES string of the molecule is Cc1cc(-n2c(C)cc(-c3csc(/C(C#N)=C/c4ccco4)n3)c2C)no1. The predicted octanol–water partition coefficient (Wildman–Crippen LogP) is 5.17. The van der Waals surface area contributed by atoms with Crippen LogP contribution in [0, 0.1) is 32.1 Å². The summed E-state index contributed by atoms with van der Waals surface area (Å²) in [6, 6.07) is 9.76. The van der Waals surface area contributed by atoms with Gasteiger partial charge in [-0.3, -0.25) is 4.57 Å². The van der Waals surface area contributed by atoms with E-state index in [-0.39, 0.29) is 0 Å². The molecule has 0 bridgehead atoms. The number of nitrogens with zero attached hydrogens (tertiary/aromatic N) is 4. The first kappa shape index (κ1) is 17.1. The second-order valence-corrected chi connectivity index (χ2v) is 7.00. The first-order valence-electron chi connectivity index (χ1n) is 8.31. The first-order chi connectivity index (χ1) is 13.1. The maximum Gasteiger partial charge on any atom is 0.180 e. The molecule has 6 nitrogen and oxygen atoms in total. The third-order valence-electron chi connectivity index (χ3n) is 4.24. The molecule has 0 saturated heterocycles. The van der Waals surface area contributed by atoms with E-state index >= 15 is 0 Å². The summed E-state index contributed by atoms with van der Waals surface area (Å²) in [5, 5.41) is 16.2. The normalized spacial score (nSPS) is 11.7. The molecule has 0 saturated carbocycles. The van der Waals surface area contributed by atoms with E-state index in [0.29, 0.717) is 16.3 Å². The van der Waals surface area contributed by atoms with E-state index in [1.165, 1.54) is 11.3 Å². The Morgan fingerprint density at radius 2 is 2.15 bits per heavy atom. The van der Waals surface area contributed by atoms with Crippen LogP contribution in [0.3, 0.4) is 0 Å². The van der Waals surface area contributed by atoms with Crippen molar-refractivity contribution in [2.45, 2.75) is 20.8 Å². The van der Waals surface area contributed by atoms with Gasteiger partial charge in [0.05, 0.1) is 17.5 Å². The number of hydrogen-bond donors (Lipinski definition) is 0. The van der Waals surface area contributed by atoms with Crippen molar-refractivity contribution >= 4 is 23.0 Å². The minimum Gasteiger partial charge on any atom is -0.465 e. The van der Waals surface area contributed by atoms with Crippen molar-refractivity contribution < 1.29 is 8.94 Å². The van der Waals surface area contributed by atoms with E-state index in [1.807, 2.05) is 36.8 Å². The molecular formula is C20H16N4O2S. The number of aryl methyl sites for hydroxylation is 2. The Hall–Kier alpha value is -3.37. The van der Waals surface area contributed by atoms with Crippen LogP contribution >= 0.6 is 11.3 Å². The molecule has 0 unspecified atom stereocenters. The lowest BCUT2D eigenvalue weighted by Gasteiger charge is -2.04. The first-order valence-corrected chi connectivity index (χ1v) is 9.19. The molecule has 134 valence electrons. The maximum atomic E-state index is 9.50. The molecule has 4 aromatic heterocycles. The zero-order chi connectivity index (χ0) is 19.0. The fraction of sp³-hybridized carbons (Fsp3) is 0.150. The summed E-state index contributed by atoms with van der Waals surface area (Å²) in [7, 11) is 0. The number of thiazole rings is 1. The molecular weight excluding hydrogens is 360 g/mol. The molecule has 0 amide bonds. The third-order valence-corrected chi connectivity index (χ3v) is 5.11. The largest absolute Gasteiger partial charge is 0.465 e. The van der Waals surface area contributed by atoms with E-state index in [1.54, 1.807) is 24.5 Å². The number of nitriles is 1. The molecule has 4 rings (SSSR count). The maximum absolute atomic E-state index is 9.50. The number of rotatable bonds is 4. The summed E-state index contributed by atoms with van der Waals surface area (Å²) in [5.74, 6) is 2.14. The molecule has 4 heterocycles. The highest BCUT2D eigenvalue weighted by Crippen LogP contribution is 2.32. The highest BCUT2D eigenvalue weighted by molar-refractivity contribution is 7.11. The highest BCUT2D eigenvalue weighted by Gasteiger charge is 2.17. The van der Waals surface area contributed by atoms with Gasteiger partial charge in [-0.05, 0) is 39.0 Å². The van der Waals surface area contributed by atoms with Gasteiger partial charge in [0.15, 0.2) is 5.82 Å². The Balaban J connectivity index is 1.73. The van der Waals surface area contributed by atoms with E-state index in [4.69, 9.17) is 8.94 Å². The van der Waals surface area contributed by atoms with Crippen molar-refractivity contribution in [2.24, 2.45) is 0 Å². The molecule has 0 radical (unpaired) electrons. The summed E-state index contributed by atoms with van der Waals surface area (Å²) in [5.41, 5.74) is 4.37. The zero-order valence-corrected chi connectivity index (χ0v) is 15.9. The van der Waals surface area contributed by atoms with Gasteiger partial charge >= 0.3 is 0 Å². The molecule has 0 fully saturated rings. The lowest BCUT2D eigenvalue weighted by atomic mass is 10.2. The summed E-state index contributed by atoms with van der Waals surface area (Å²) in [6.45, 7) is 5.91. The van der Waals surface area contributed by atoms with Crippen LogP contribution in [0.15, 0.2) is 44.8 Å². The number of aromatic nitrogens is 3.